The SMILES string of the molecule is Fc1ccc(C(CN2CCCCC2)(c2ccc(F)cc2)c2ccc(F)cc2)cc1. The topological polar surface area (TPSA) is 3.24 Å². The van der Waals surface area contributed by atoms with Crippen LogP contribution in [0.4, 0.5) is 13.2 Å². The molecule has 1 heterocycles. The monoisotopic (exact) mass is 395 g/mol. The van der Waals surface area contributed by atoms with Gasteiger partial charge in [0, 0.05) is 6.54 Å². The summed E-state index contributed by atoms with van der Waals surface area (Å²) in [5, 5.41) is 0. The second-order valence-electron chi connectivity index (χ2n) is 7.76. The Labute approximate surface area is 169 Å². The van der Waals surface area contributed by atoms with Gasteiger partial charge in [0.05, 0.1) is 5.41 Å². The van der Waals surface area contributed by atoms with E-state index in [1.54, 1.807) is 36.4 Å². The van der Waals surface area contributed by atoms with Crippen molar-refractivity contribution in [3.8, 4) is 0 Å². The third-order valence-electron chi connectivity index (χ3n) is 5.92. The van der Waals surface area contributed by atoms with E-state index in [9.17, 15) is 13.2 Å². The second-order valence-corrected chi connectivity index (χ2v) is 7.76. The zero-order chi connectivity index (χ0) is 20.3. The number of likely N-dealkylation sites (tertiary alicyclic amines) is 1. The fraction of sp³-hybridized carbons (Fsp3) is 0.280. The number of hydrogen-bond donors (Lipinski definition) is 0. The van der Waals surface area contributed by atoms with E-state index in [4.69, 9.17) is 0 Å². The molecule has 0 spiro atoms. The number of rotatable bonds is 5. The van der Waals surface area contributed by atoms with E-state index in [0.717, 1.165) is 42.6 Å². The van der Waals surface area contributed by atoms with Crippen molar-refractivity contribution in [1.82, 2.24) is 4.90 Å². The molecule has 0 atom stereocenters. The van der Waals surface area contributed by atoms with Crippen LogP contribution in [0.3, 0.4) is 0 Å². The summed E-state index contributed by atoms with van der Waals surface area (Å²) in [7, 11) is 0. The quantitative estimate of drug-likeness (QED) is 0.485. The molecule has 1 aliphatic rings. The first-order chi connectivity index (χ1) is 14.1. The van der Waals surface area contributed by atoms with Crippen molar-refractivity contribution in [2.75, 3.05) is 19.6 Å². The average Bonchev–Trinajstić information content (AvgIpc) is 2.75. The maximum atomic E-state index is 13.7. The summed E-state index contributed by atoms with van der Waals surface area (Å²) >= 11 is 0. The maximum Gasteiger partial charge on any atom is 0.123 e. The van der Waals surface area contributed by atoms with Gasteiger partial charge >= 0.3 is 0 Å². The van der Waals surface area contributed by atoms with Crippen molar-refractivity contribution >= 4 is 0 Å². The van der Waals surface area contributed by atoms with E-state index >= 15 is 0 Å². The molecule has 1 saturated heterocycles. The van der Waals surface area contributed by atoms with Crippen molar-refractivity contribution in [2.24, 2.45) is 0 Å². The Kier molecular flexibility index (Phi) is 5.72. The van der Waals surface area contributed by atoms with Gasteiger partial charge in [-0.05, 0) is 79.0 Å². The van der Waals surface area contributed by atoms with Crippen LogP contribution in [0.5, 0.6) is 0 Å². The molecule has 0 amide bonds. The Morgan fingerprint density at radius 2 is 0.897 bits per heavy atom. The van der Waals surface area contributed by atoms with E-state index in [2.05, 4.69) is 4.90 Å². The lowest BCUT2D eigenvalue weighted by molar-refractivity contribution is 0.203. The van der Waals surface area contributed by atoms with Crippen LogP contribution in [-0.2, 0) is 5.41 Å². The summed E-state index contributed by atoms with van der Waals surface area (Å²) in [6.07, 6.45) is 3.48. The molecule has 1 fully saturated rings. The van der Waals surface area contributed by atoms with Crippen molar-refractivity contribution in [2.45, 2.75) is 24.7 Å². The van der Waals surface area contributed by atoms with Gasteiger partial charge in [0.2, 0.25) is 0 Å². The van der Waals surface area contributed by atoms with Crippen molar-refractivity contribution in [3.05, 3.63) is 107 Å². The summed E-state index contributed by atoms with van der Waals surface area (Å²) in [5.74, 6) is -0.920. The predicted octanol–water partition coefficient (Wildman–Crippen LogP) is 5.92. The molecule has 1 nitrogen and oxygen atoms in total. The van der Waals surface area contributed by atoms with Crippen LogP contribution in [0, 0.1) is 17.5 Å². The number of hydrogen-bond acceptors (Lipinski definition) is 1. The average molecular weight is 395 g/mol. The van der Waals surface area contributed by atoms with Crippen molar-refractivity contribution < 1.29 is 13.2 Å². The highest BCUT2D eigenvalue weighted by molar-refractivity contribution is 5.51. The highest BCUT2D eigenvalue weighted by Gasteiger charge is 2.38. The lowest BCUT2D eigenvalue weighted by Gasteiger charge is -2.41. The van der Waals surface area contributed by atoms with E-state index in [1.165, 1.54) is 42.8 Å². The normalized spacial score (nSPS) is 15.4. The van der Waals surface area contributed by atoms with Crippen LogP contribution in [0.1, 0.15) is 36.0 Å². The van der Waals surface area contributed by atoms with Gasteiger partial charge < -0.3 is 4.90 Å². The van der Waals surface area contributed by atoms with Crippen LogP contribution >= 0.6 is 0 Å². The summed E-state index contributed by atoms with van der Waals surface area (Å²) in [6, 6.07) is 19.4. The summed E-state index contributed by atoms with van der Waals surface area (Å²) in [5.41, 5.74) is 2.06. The Morgan fingerprint density at radius 3 is 1.24 bits per heavy atom. The van der Waals surface area contributed by atoms with Gasteiger partial charge in [0.1, 0.15) is 17.5 Å². The van der Waals surface area contributed by atoms with E-state index in [1.807, 2.05) is 0 Å². The maximum absolute atomic E-state index is 13.7. The summed E-state index contributed by atoms with van der Waals surface area (Å²) < 4.78 is 41.2. The van der Waals surface area contributed by atoms with E-state index in [0.29, 0.717) is 6.54 Å². The first-order valence-electron chi connectivity index (χ1n) is 10.1. The summed E-state index contributed by atoms with van der Waals surface area (Å²) in [6.45, 7) is 2.62. The molecule has 150 valence electrons. The molecule has 0 aromatic heterocycles. The number of piperidine rings is 1. The van der Waals surface area contributed by atoms with Crippen LogP contribution < -0.4 is 0 Å². The highest BCUT2D eigenvalue weighted by atomic mass is 19.1. The van der Waals surface area contributed by atoms with Crippen LogP contribution in [0.15, 0.2) is 72.8 Å². The van der Waals surface area contributed by atoms with E-state index < -0.39 is 5.41 Å². The Balaban J connectivity index is 1.93. The van der Waals surface area contributed by atoms with Gasteiger partial charge in [-0.2, -0.15) is 0 Å². The van der Waals surface area contributed by atoms with Gasteiger partial charge in [-0.25, -0.2) is 13.2 Å². The molecule has 0 aliphatic carbocycles. The molecule has 0 bridgehead atoms. The van der Waals surface area contributed by atoms with Gasteiger partial charge in [-0.3, -0.25) is 0 Å². The molecular formula is C25H24F3N. The van der Waals surface area contributed by atoms with Crippen LogP contribution in [0.25, 0.3) is 0 Å². The molecule has 3 aromatic rings. The molecule has 0 radical (unpaired) electrons. The van der Waals surface area contributed by atoms with Crippen molar-refractivity contribution in [3.63, 3.8) is 0 Å². The van der Waals surface area contributed by atoms with Gasteiger partial charge in [0.25, 0.3) is 0 Å². The number of nitrogens with zero attached hydrogens (tertiary/aromatic N) is 1. The predicted molar refractivity (Wildman–Crippen MR) is 109 cm³/mol. The number of benzene rings is 3. The minimum Gasteiger partial charge on any atom is -0.302 e. The standard InChI is InChI=1S/C25H24F3N/c26-22-10-4-19(5-11-22)25(18-29-16-2-1-3-17-29,20-6-12-23(27)13-7-20)21-8-14-24(28)15-9-21/h4-15H,1-3,16-18H2. The smallest absolute Gasteiger partial charge is 0.123 e. The molecule has 29 heavy (non-hydrogen) atoms. The second kappa shape index (κ2) is 8.42. The van der Waals surface area contributed by atoms with E-state index in [-0.39, 0.29) is 17.5 Å². The number of halogens is 3. The Morgan fingerprint density at radius 1 is 0.552 bits per heavy atom. The third kappa shape index (κ3) is 4.08. The zero-order valence-corrected chi connectivity index (χ0v) is 16.3. The van der Waals surface area contributed by atoms with Crippen LogP contribution in [0.2, 0.25) is 0 Å². The fourth-order valence-electron chi connectivity index (χ4n) is 4.43. The van der Waals surface area contributed by atoms with Crippen LogP contribution in [-0.4, -0.2) is 24.5 Å². The minimum absolute atomic E-state index is 0.307. The third-order valence-corrected chi connectivity index (χ3v) is 5.92. The molecule has 1 aliphatic heterocycles. The first kappa shape index (κ1) is 19.7. The highest BCUT2D eigenvalue weighted by Crippen LogP contribution is 2.41. The summed E-state index contributed by atoms with van der Waals surface area (Å²) in [4.78, 5) is 2.40. The Bertz CT molecular complexity index is 816. The molecule has 4 heteroatoms. The fourth-order valence-corrected chi connectivity index (χ4v) is 4.43. The minimum atomic E-state index is -0.660. The lowest BCUT2D eigenvalue weighted by Crippen LogP contribution is -2.44. The molecule has 3 aromatic carbocycles. The van der Waals surface area contributed by atoms with Gasteiger partial charge in [-0.1, -0.05) is 42.8 Å². The largest absolute Gasteiger partial charge is 0.302 e. The molecule has 0 N–H and O–H groups in total. The van der Waals surface area contributed by atoms with Gasteiger partial charge in [-0.15, -0.1) is 0 Å². The molecule has 0 unspecified atom stereocenters. The first-order valence-corrected chi connectivity index (χ1v) is 10.1. The zero-order valence-electron chi connectivity index (χ0n) is 16.3. The van der Waals surface area contributed by atoms with Crippen molar-refractivity contribution in [1.29, 1.82) is 0 Å². The Hall–Kier alpha value is -2.59. The molecular weight excluding hydrogens is 371 g/mol. The molecule has 4 rings (SSSR count). The lowest BCUT2D eigenvalue weighted by atomic mass is 9.69. The van der Waals surface area contributed by atoms with Gasteiger partial charge in [0.15, 0.2) is 0 Å². The molecule has 0 saturated carbocycles.